The molecule has 0 aliphatic carbocycles. The maximum absolute atomic E-state index is 12.1. The average molecular weight is 306 g/mol. The van der Waals surface area contributed by atoms with E-state index in [2.05, 4.69) is 10.3 Å². The first kappa shape index (κ1) is 15.4. The van der Waals surface area contributed by atoms with Crippen molar-refractivity contribution in [3.05, 3.63) is 23.0 Å². The molecule has 0 bridgehead atoms. The molecular weight excluding hydrogens is 288 g/mol. The Labute approximate surface area is 128 Å². The zero-order valence-electron chi connectivity index (χ0n) is 12.5. The lowest BCUT2D eigenvalue weighted by Gasteiger charge is -2.42. The second-order valence-electron chi connectivity index (χ2n) is 5.63. The highest BCUT2D eigenvalue weighted by Crippen LogP contribution is 2.31. The predicted molar refractivity (Wildman–Crippen MR) is 84.2 cm³/mol. The third kappa shape index (κ3) is 2.61. The summed E-state index contributed by atoms with van der Waals surface area (Å²) in [7, 11) is 0. The smallest absolute Gasteiger partial charge is 0.251 e. The molecule has 6 nitrogen and oxygen atoms in total. The van der Waals surface area contributed by atoms with E-state index in [1.807, 2.05) is 13.8 Å². The second-order valence-corrected chi connectivity index (χ2v) is 6.07. The Hall–Kier alpha value is -2.02. The van der Waals surface area contributed by atoms with Crippen LogP contribution < -0.4 is 16.0 Å². The quantitative estimate of drug-likeness (QED) is 0.613. The number of pyridine rings is 1. The molecule has 1 fully saturated rings. The lowest BCUT2D eigenvalue weighted by Crippen LogP contribution is -2.64. The van der Waals surface area contributed by atoms with Crippen molar-refractivity contribution in [2.45, 2.75) is 33.2 Å². The van der Waals surface area contributed by atoms with Crippen LogP contribution in [0.15, 0.2) is 6.07 Å². The standard InChI is InChI=1S/C14H18N4O2S/c1-7-5-9(11(12(15)21)8(2)16-7)18-6-10(19)17-13(20)14(18,3)4/h5H,6H2,1-4H3,(H2,15,21)(H,17,19,20). The lowest BCUT2D eigenvalue weighted by molar-refractivity contribution is -0.135. The van der Waals surface area contributed by atoms with Crippen LogP contribution in [0.4, 0.5) is 5.69 Å². The van der Waals surface area contributed by atoms with E-state index in [9.17, 15) is 9.59 Å². The number of hydrogen-bond donors (Lipinski definition) is 2. The topological polar surface area (TPSA) is 88.3 Å². The van der Waals surface area contributed by atoms with E-state index in [4.69, 9.17) is 18.0 Å². The van der Waals surface area contributed by atoms with Gasteiger partial charge in [0.25, 0.3) is 5.91 Å². The first-order valence-corrected chi connectivity index (χ1v) is 6.95. The van der Waals surface area contributed by atoms with Gasteiger partial charge in [-0.2, -0.15) is 0 Å². The van der Waals surface area contributed by atoms with Gasteiger partial charge in [0.05, 0.1) is 17.8 Å². The lowest BCUT2D eigenvalue weighted by atomic mass is 9.96. The van der Waals surface area contributed by atoms with Crippen LogP contribution in [-0.2, 0) is 9.59 Å². The van der Waals surface area contributed by atoms with E-state index in [1.54, 1.807) is 24.8 Å². The number of anilines is 1. The second kappa shape index (κ2) is 5.07. The first-order chi connectivity index (χ1) is 9.64. The molecule has 0 aromatic carbocycles. The van der Waals surface area contributed by atoms with Gasteiger partial charge in [-0.25, -0.2) is 0 Å². The van der Waals surface area contributed by atoms with Crippen molar-refractivity contribution in [3.63, 3.8) is 0 Å². The fraction of sp³-hybridized carbons (Fsp3) is 0.429. The van der Waals surface area contributed by atoms with Gasteiger partial charge in [0, 0.05) is 11.4 Å². The van der Waals surface area contributed by atoms with Crippen LogP contribution in [0.2, 0.25) is 0 Å². The summed E-state index contributed by atoms with van der Waals surface area (Å²) in [5, 5.41) is 2.35. The van der Waals surface area contributed by atoms with Crippen LogP contribution in [-0.4, -0.2) is 33.9 Å². The molecule has 112 valence electrons. The molecule has 3 N–H and O–H groups in total. The highest BCUT2D eigenvalue weighted by molar-refractivity contribution is 7.80. The van der Waals surface area contributed by atoms with Crippen LogP contribution in [0, 0.1) is 13.8 Å². The van der Waals surface area contributed by atoms with E-state index in [0.717, 1.165) is 5.69 Å². The summed E-state index contributed by atoms with van der Waals surface area (Å²) >= 11 is 5.11. The van der Waals surface area contributed by atoms with Gasteiger partial charge in [0.15, 0.2) is 0 Å². The van der Waals surface area contributed by atoms with E-state index in [-0.39, 0.29) is 23.3 Å². The molecule has 1 aliphatic heterocycles. The molecule has 1 aromatic heterocycles. The van der Waals surface area contributed by atoms with Crippen LogP contribution in [0.3, 0.4) is 0 Å². The Kier molecular flexibility index (Phi) is 3.71. The summed E-state index contributed by atoms with van der Waals surface area (Å²) in [6.07, 6.45) is 0. The zero-order valence-corrected chi connectivity index (χ0v) is 13.3. The first-order valence-electron chi connectivity index (χ1n) is 6.54. The van der Waals surface area contributed by atoms with Gasteiger partial charge in [0.1, 0.15) is 10.5 Å². The molecule has 2 rings (SSSR count). The number of nitrogens with two attached hydrogens (primary N) is 1. The summed E-state index contributed by atoms with van der Waals surface area (Å²) in [6.45, 7) is 7.23. The molecule has 2 amide bonds. The molecule has 1 aromatic rings. The van der Waals surface area contributed by atoms with Crippen LogP contribution >= 0.6 is 12.2 Å². The minimum absolute atomic E-state index is 0.0667. The van der Waals surface area contributed by atoms with Gasteiger partial charge in [0.2, 0.25) is 5.91 Å². The molecule has 0 spiro atoms. The number of nitrogens with one attached hydrogen (secondary N) is 1. The van der Waals surface area contributed by atoms with Gasteiger partial charge >= 0.3 is 0 Å². The molecule has 1 saturated heterocycles. The molecule has 21 heavy (non-hydrogen) atoms. The van der Waals surface area contributed by atoms with Crippen molar-refractivity contribution in [2.24, 2.45) is 5.73 Å². The fourth-order valence-corrected chi connectivity index (χ4v) is 2.75. The Morgan fingerprint density at radius 2 is 2.05 bits per heavy atom. The number of carbonyl (C=O) groups is 2. The van der Waals surface area contributed by atoms with Gasteiger partial charge in [-0.1, -0.05) is 12.2 Å². The normalized spacial score (nSPS) is 17.6. The highest BCUT2D eigenvalue weighted by atomic mass is 32.1. The maximum Gasteiger partial charge on any atom is 0.251 e. The number of amides is 2. The molecular formula is C14H18N4O2S. The monoisotopic (exact) mass is 306 g/mol. The average Bonchev–Trinajstić information content (AvgIpc) is 2.32. The van der Waals surface area contributed by atoms with Crippen molar-refractivity contribution in [3.8, 4) is 0 Å². The number of rotatable bonds is 2. The summed E-state index contributed by atoms with van der Waals surface area (Å²) < 4.78 is 0. The van der Waals surface area contributed by atoms with Gasteiger partial charge in [-0.05, 0) is 33.8 Å². The zero-order chi connectivity index (χ0) is 15.9. The summed E-state index contributed by atoms with van der Waals surface area (Å²) in [5.41, 5.74) is 7.66. The van der Waals surface area contributed by atoms with Gasteiger partial charge in [-0.15, -0.1) is 0 Å². The van der Waals surface area contributed by atoms with E-state index in [0.29, 0.717) is 16.9 Å². The molecule has 0 atom stereocenters. The van der Waals surface area contributed by atoms with Gasteiger partial charge in [-0.3, -0.25) is 19.9 Å². The number of nitrogens with zero attached hydrogens (tertiary/aromatic N) is 2. The van der Waals surface area contributed by atoms with Crippen molar-refractivity contribution in [1.82, 2.24) is 10.3 Å². The minimum Gasteiger partial charge on any atom is -0.389 e. The fourth-order valence-electron chi connectivity index (χ4n) is 2.49. The Morgan fingerprint density at radius 3 is 2.62 bits per heavy atom. The summed E-state index contributed by atoms with van der Waals surface area (Å²) in [4.78, 5) is 30.1. The molecule has 0 unspecified atom stereocenters. The van der Waals surface area contributed by atoms with Gasteiger partial charge < -0.3 is 10.6 Å². The SMILES string of the molecule is Cc1cc(N2CC(=O)NC(=O)C2(C)C)c(C(N)=S)c(C)n1. The van der Waals surface area contributed by atoms with Crippen molar-refractivity contribution >= 4 is 34.7 Å². The van der Waals surface area contributed by atoms with Crippen LogP contribution in [0.1, 0.15) is 30.8 Å². The number of hydrogen-bond acceptors (Lipinski definition) is 5. The van der Waals surface area contributed by atoms with Crippen molar-refractivity contribution in [2.75, 3.05) is 11.4 Å². The molecule has 7 heteroatoms. The number of piperazine rings is 1. The van der Waals surface area contributed by atoms with Crippen LogP contribution in [0.5, 0.6) is 0 Å². The van der Waals surface area contributed by atoms with E-state index >= 15 is 0 Å². The largest absolute Gasteiger partial charge is 0.389 e. The third-order valence-corrected chi connectivity index (χ3v) is 3.83. The number of aryl methyl sites for hydroxylation is 2. The number of imide groups is 1. The van der Waals surface area contributed by atoms with E-state index in [1.165, 1.54) is 0 Å². The Bertz CT molecular complexity index is 655. The third-order valence-electron chi connectivity index (χ3n) is 3.63. The minimum atomic E-state index is -0.881. The Balaban J connectivity index is 2.67. The molecule has 2 heterocycles. The predicted octanol–water partition coefficient (Wildman–Crippen LogP) is 0.574. The number of thiocarbonyl (C=S) groups is 1. The Morgan fingerprint density at radius 1 is 1.43 bits per heavy atom. The van der Waals surface area contributed by atoms with Crippen molar-refractivity contribution < 1.29 is 9.59 Å². The summed E-state index contributed by atoms with van der Waals surface area (Å²) in [5.74, 6) is -0.694. The number of carbonyl (C=O) groups excluding carboxylic acids is 2. The summed E-state index contributed by atoms with van der Waals surface area (Å²) in [6, 6.07) is 1.80. The molecule has 0 radical (unpaired) electrons. The van der Waals surface area contributed by atoms with Crippen LogP contribution in [0.25, 0.3) is 0 Å². The van der Waals surface area contributed by atoms with E-state index < -0.39 is 5.54 Å². The number of aromatic nitrogens is 1. The maximum atomic E-state index is 12.1. The molecule has 0 saturated carbocycles. The van der Waals surface area contributed by atoms with Crippen molar-refractivity contribution in [1.29, 1.82) is 0 Å². The highest BCUT2D eigenvalue weighted by Gasteiger charge is 2.42. The molecule has 1 aliphatic rings.